The lowest BCUT2D eigenvalue weighted by molar-refractivity contribution is 0.0210. The van der Waals surface area contributed by atoms with E-state index in [4.69, 9.17) is 14.5 Å². The van der Waals surface area contributed by atoms with Crippen LogP contribution in [0.15, 0.2) is 29.6 Å². The number of rotatable bonds is 4. The van der Waals surface area contributed by atoms with Gasteiger partial charge in [-0.15, -0.1) is 11.3 Å². The van der Waals surface area contributed by atoms with Crippen LogP contribution in [0.1, 0.15) is 33.6 Å². The fourth-order valence-electron chi connectivity index (χ4n) is 3.03. The summed E-state index contributed by atoms with van der Waals surface area (Å²) in [5, 5.41) is 6.44. The minimum Gasteiger partial charge on any atom is -0.496 e. The number of nitrogens with one attached hydrogen (secondary N) is 1. The predicted octanol–water partition coefficient (Wildman–Crippen LogP) is 4.63. The predicted molar refractivity (Wildman–Crippen MR) is 109 cm³/mol. The molecule has 2 heterocycles. The number of likely N-dealkylation sites (tertiary alicyclic amines) is 1. The van der Waals surface area contributed by atoms with E-state index in [1.54, 1.807) is 23.3 Å². The van der Waals surface area contributed by atoms with Crippen LogP contribution in [0.3, 0.4) is 0 Å². The number of amides is 1. The van der Waals surface area contributed by atoms with E-state index in [1.807, 2.05) is 50.4 Å². The van der Waals surface area contributed by atoms with Crippen molar-refractivity contribution in [1.29, 1.82) is 0 Å². The van der Waals surface area contributed by atoms with Crippen molar-refractivity contribution in [3.63, 3.8) is 0 Å². The van der Waals surface area contributed by atoms with Crippen LogP contribution in [0.5, 0.6) is 5.75 Å². The van der Waals surface area contributed by atoms with Crippen LogP contribution in [0.2, 0.25) is 0 Å². The van der Waals surface area contributed by atoms with Gasteiger partial charge < -0.3 is 19.7 Å². The second kappa shape index (κ2) is 8.17. The van der Waals surface area contributed by atoms with Gasteiger partial charge in [-0.2, -0.15) is 0 Å². The van der Waals surface area contributed by atoms with Crippen LogP contribution >= 0.6 is 11.3 Å². The van der Waals surface area contributed by atoms with E-state index in [-0.39, 0.29) is 6.09 Å². The maximum absolute atomic E-state index is 12.2. The minimum atomic E-state index is -0.456. The molecular weight excluding hydrogens is 362 g/mol. The van der Waals surface area contributed by atoms with Gasteiger partial charge in [-0.1, -0.05) is 12.1 Å². The molecule has 27 heavy (non-hydrogen) atoms. The van der Waals surface area contributed by atoms with Gasteiger partial charge in [0.15, 0.2) is 5.13 Å². The van der Waals surface area contributed by atoms with E-state index in [2.05, 4.69) is 5.32 Å². The summed E-state index contributed by atoms with van der Waals surface area (Å²) in [6, 6.07) is 8.19. The molecule has 2 aromatic rings. The zero-order valence-corrected chi connectivity index (χ0v) is 17.1. The first kappa shape index (κ1) is 19.5. The number of hydrogen-bond donors (Lipinski definition) is 1. The summed E-state index contributed by atoms with van der Waals surface area (Å²) < 4.78 is 10.9. The molecule has 0 unspecified atom stereocenters. The van der Waals surface area contributed by atoms with Crippen LogP contribution in [0.25, 0.3) is 11.3 Å². The summed E-state index contributed by atoms with van der Waals surface area (Å²) in [4.78, 5) is 18.7. The molecule has 7 heteroatoms. The molecule has 1 saturated heterocycles. The summed E-state index contributed by atoms with van der Waals surface area (Å²) in [5.41, 5.74) is 1.44. The molecule has 1 aromatic heterocycles. The molecule has 1 aliphatic heterocycles. The summed E-state index contributed by atoms with van der Waals surface area (Å²) >= 11 is 1.59. The summed E-state index contributed by atoms with van der Waals surface area (Å²) in [6.45, 7) is 7.05. The van der Waals surface area contributed by atoms with E-state index in [0.717, 1.165) is 35.0 Å². The van der Waals surface area contributed by atoms with E-state index in [0.29, 0.717) is 19.1 Å². The lowest BCUT2D eigenvalue weighted by Crippen LogP contribution is -2.44. The largest absolute Gasteiger partial charge is 0.496 e. The molecule has 0 atom stereocenters. The number of nitrogens with zero attached hydrogens (tertiary/aromatic N) is 2. The number of ether oxygens (including phenoxy) is 2. The molecule has 6 nitrogen and oxygen atoms in total. The second-order valence-electron chi connectivity index (χ2n) is 7.62. The molecule has 1 aliphatic rings. The number of piperidine rings is 1. The highest BCUT2D eigenvalue weighted by Crippen LogP contribution is 2.32. The summed E-state index contributed by atoms with van der Waals surface area (Å²) in [7, 11) is 1.67. The van der Waals surface area contributed by atoms with Gasteiger partial charge in [-0.05, 0) is 45.7 Å². The first-order valence-electron chi connectivity index (χ1n) is 9.19. The first-order chi connectivity index (χ1) is 12.9. The fraction of sp³-hybridized carbons (Fsp3) is 0.500. The number of para-hydroxylation sites is 1. The SMILES string of the molecule is COc1ccccc1-c1csc(NC2CCN(C(=O)OC(C)(C)C)CC2)n1. The Kier molecular flexibility index (Phi) is 5.89. The third kappa shape index (κ3) is 5.13. The van der Waals surface area contributed by atoms with E-state index >= 15 is 0 Å². The van der Waals surface area contributed by atoms with Gasteiger partial charge in [-0.25, -0.2) is 9.78 Å². The van der Waals surface area contributed by atoms with E-state index in [9.17, 15) is 4.79 Å². The molecule has 0 bridgehead atoms. The molecule has 3 rings (SSSR count). The third-order valence-corrected chi connectivity index (χ3v) is 5.13. The smallest absolute Gasteiger partial charge is 0.410 e. The monoisotopic (exact) mass is 389 g/mol. The molecule has 0 saturated carbocycles. The maximum Gasteiger partial charge on any atom is 0.410 e. The first-order valence-corrected chi connectivity index (χ1v) is 10.1. The third-order valence-electron chi connectivity index (χ3n) is 4.36. The molecule has 1 amide bonds. The number of carbonyl (C=O) groups excluding carboxylic acids is 1. The highest BCUT2D eigenvalue weighted by molar-refractivity contribution is 7.14. The zero-order valence-electron chi connectivity index (χ0n) is 16.3. The quantitative estimate of drug-likeness (QED) is 0.826. The van der Waals surface area contributed by atoms with Crippen molar-refractivity contribution >= 4 is 22.6 Å². The molecule has 0 aliphatic carbocycles. The fourth-order valence-corrected chi connectivity index (χ4v) is 3.82. The van der Waals surface area contributed by atoms with Crippen molar-refractivity contribution in [3.05, 3.63) is 29.6 Å². The normalized spacial score (nSPS) is 15.5. The zero-order chi connectivity index (χ0) is 19.4. The Balaban J connectivity index is 1.56. The Morgan fingerprint density at radius 3 is 2.63 bits per heavy atom. The molecule has 0 radical (unpaired) electrons. The van der Waals surface area contributed by atoms with Crippen molar-refractivity contribution in [3.8, 4) is 17.0 Å². The van der Waals surface area contributed by atoms with Crippen LogP contribution in [-0.2, 0) is 4.74 Å². The number of thiazole rings is 1. The average molecular weight is 390 g/mol. The molecule has 0 spiro atoms. The highest BCUT2D eigenvalue weighted by atomic mass is 32.1. The molecule has 146 valence electrons. The second-order valence-corrected chi connectivity index (χ2v) is 8.48. The van der Waals surface area contributed by atoms with Crippen molar-refractivity contribution in [2.24, 2.45) is 0 Å². The van der Waals surface area contributed by atoms with Crippen molar-refractivity contribution in [1.82, 2.24) is 9.88 Å². The molecule has 1 fully saturated rings. The van der Waals surface area contributed by atoms with Gasteiger partial charge >= 0.3 is 6.09 Å². The van der Waals surface area contributed by atoms with Crippen LogP contribution in [0, 0.1) is 0 Å². The van der Waals surface area contributed by atoms with Gasteiger partial charge in [0, 0.05) is 30.1 Å². The van der Waals surface area contributed by atoms with Crippen LogP contribution < -0.4 is 10.1 Å². The minimum absolute atomic E-state index is 0.228. The number of carbonyl (C=O) groups is 1. The number of anilines is 1. The van der Waals surface area contributed by atoms with Gasteiger partial charge in [0.1, 0.15) is 11.4 Å². The Hall–Kier alpha value is -2.28. The highest BCUT2D eigenvalue weighted by Gasteiger charge is 2.27. The Morgan fingerprint density at radius 2 is 1.96 bits per heavy atom. The molecule has 1 N–H and O–H groups in total. The van der Waals surface area contributed by atoms with Gasteiger partial charge in [0.25, 0.3) is 0 Å². The van der Waals surface area contributed by atoms with Crippen molar-refractivity contribution in [2.75, 3.05) is 25.5 Å². The van der Waals surface area contributed by atoms with Crippen molar-refractivity contribution in [2.45, 2.75) is 45.3 Å². The standard InChI is InChI=1S/C20H27N3O3S/c1-20(2,3)26-19(24)23-11-9-14(10-12-23)21-18-22-16(13-27-18)15-7-5-6-8-17(15)25-4/h5-8,13-14H,9-12H2,1-4H3,(H,21,22). The van der Waals surface area contributed by atoms with Crippen molar-refractivity contribution < 1.29 is 14.3 Å². The summed E-state index contributed by atoms with van der Waals surface area (Å²) in [6.07, 6.45) is 1.53. The molecule has 1 aromatic carbocycles. The number of hydrogen-bond acceptors (Lipinski definition) is 6. The summed E-state index contributed by atoms with van der Waals surface area (Å²) in [5.74, 6) is 0.819. The van der Waals surface area contributed by atoms with Gasteiger partial charge in [0.05, 0.1) is 12.8 Å². The Labute approximate surface area is 164 Å². The lowest BCUT2D eigenvalue weighted by atomic mass is 10.1. The van der Waals surface area contributed by atoms with Gasteiger partial charge in [0.2, 0.25) is 0 Å². The number of methoxy groups -OCH3 is 1. The molecular formula is C20H27N3O3S. The van der Waals surface area contributed by atoms with E-state index < -0.39 is 5.60 Å². The topological polar surface area (TPSA) is 63.7 Å². The Bertz CT molecular complexity index is 777. The van der Waals surface area contributed by atoms with Crippen LogP contribution in [0.4, 0.5) is 9.93 Å². The van der Waals surface area contributed by atoms with Crippen LogP contribution in [-0.4, -0.2) is 47.8 Å². The average Bonchev–Trinajstić information content (AvgIpc) is 3.09. The van der Waals surface area contributed by atoms with Gasteiger partial charge in [-0.3, -0.25) is 0 Å². The Morgan fingerprint density at radius 1 is 1.26 bits per heavy atom. The van der Waals surface area contributed by atoms with E-state index in [1.165, 1.54) is 0 Å². The number of aromatic nitrogens is 1. The lowest BCUT2D eigenvalue weighted by Gasteiger charge is -2.33. The number of benzene rings is 1. The maximum atomic E-state index is 12.2.